The normalized spacial score (nSPS) is 25.5. The highest BCUT2D eigenvalue weighted by Gasteiger charge is 2.54. The van der Waals surface area contributed by atoms with Crippen LogP contribution in [-0.4, -0.2) is 84.7 Å². The van der Waals surface area contributed by atoms with Gasteiger partial charge in [-0.15, -0.1) is 0 Å². The van der Waals surface area contributed by atoms with Gasteiger partial charge in [0, 0.05) is 48.9 Å². The van der Waals surface area contributed by atoms with Crippen LogP contribution in [0.2, 0.25) is 0 Å². The Morgan fingerprint density at radius 1 is 1.06 bits per heavy atom. The van der Waals surface area contributed by atoms with Gasteiger partial charge in [-0.25, -0.2) is 4.79 Å². The van der Waals surface area contributed by atoms with E-state index in [4.69, 9.17) is 18.9 Å². The minimum atomic E-state index is -0.677. The number of carbonyl (C=O) groups is 2. The summed E-state index contributed by atoms with van der Waals surface area (Å²) in [4.78, 5) is 29.3. The number of ketones is 1. The Morgan fingerprint density at radius 3 is 2.52 bits per heavy atom. The SMILES string of the molecule is COc1cc(/C=C/C(=O)O[C@@H]2C[C@@H]3CN4CCc5c(n(C(C)C)c6cc(CO)ccc56)[C@H]4C[C@@H]3[C@H](C(=O)CO)[C@H]2OC)cc(C)c1OC. The van der Waals surface area contributed by atoms with Crippen molar-refractivity contribution >= 4 is 28.7 Å². The van der Waals surface area contributed by atoms with Crippen molar-refractivity contribution in [2.75, 3.05) is 41.0 Å². The number of nitrogens with zero attached hydrogens (tertiary/aromatic N) is 2. The van der Waals surface area contributed by atoms with Crippen LogP contribution in [0.25, 0.3) is 17.0 Å². The molecule has 0 spiro atoms. The monoisotopic (exact) mass is 660 g/mol. The molecule has 3 aliphatic rings. The maximum absolute atomic E-state index is 13.5. The van der Waals surface area contributed by atoms with Gasteiger partial charge in [0.2, 0.25) is 0 Å². The minimum absolute atomic E-state index is 0.00994. The van der Waals surface area contributed by atoms with E-state index in [9.17, 15) is 19.8 Å². The molecule has 6 atom stereocenters. The molecule has 258 valence electrons. The van der Waals surface area contributed by atoms with Crippen LogP contribution in [0.1, 0.15) is 66.7 Å². The number of aliphatic hydroxyl groups excluding tert-OH is 2. The van der Waals surface area contributed by atoms with Crippen molar-refractivity contribution in [1.29, 1.82) is 0 Å². The number of fused-ring (bicyclic) bond motifs is 6. The van der Waals surface area contributed by atoms with Crippen molar-refractivity contribution < 1.29 is 38.7 Å². The number of methoxy groups -OCH3 is 3. The fourth-order valence-electron chi connectivity index (χ4n) is 8.84. The second-order valence-corrected chi connectivity index (χ2v) is 13.7. The Morgan fingerprint density at radius 2 is 1.85 bits per heavy atom. The van der Waals surface area contributed by atoms with E-state index >= 15 is 0 Å². The van der Waals surface area contributed by atoms with Crippen molar-refractivity contribution in [1.82, 2.24) is 9.47 Å². The summed E-state index contributed by atoms with van der Waals surface area (Å²) in [6.07, 6.45) is 3.96. The molecule has 0 amide bonds. The van der Waals surface area contributed by atoms with E-state index in [1.165, 1.54) is 22.7 Å². The van der Waals surface area contributed by atoms with Gasteiger partial charge in [0.05, 0.1) is 32.8 Å². The summed E-state index contributed by atoms with van der Waals surface area (Å²) >= 11 is 0. The number of benzene rings is 2. The first-order valence-corrected chi connectivity index (χ1v) is 16.9. The van der Waals surface area contributed by atoms with Gasteiger partial charge in [-0.05, 0) is 98.4 Å². The quantitative estimate of drug-likeness (QED) is 0.234. The number of rotatable bonds is 10. The number of hydrogen-bond acceptors (Lipinski definition) is 9. The third-order valence-electron chi connectivity index (χ3n) is 10.8. The number of aliphatic hydroxyl groups is 2. The maximum atomic E-state index is 13.5. The molecule has 6 rings (SSSR count). The standard InChI is InChI=1S/C38H48N2O8/c1-21(2)40-29-14-24(19-41)7-9-26(29)27-11-12-39-18-25-16-33(38(47-6)35(31(43)20-42)28(25)17-30(39)36(27)40)48-34(44)10-8-23-13-22(3)37(46-5)32(15-23)45-4/h7-10,13-15,21,25,28,30,33,35,38,41-42H,11-12,16-20H2,1-6H3/b10-8+/t25-,28+,30-,33-,35-,38+/m1/s1. The number of hydrogen-bond donors (Lipinski definition) is 2. The lowest BCUT2D eigenvalue weighted by Crippen LogP contribution is -2.58. The molecule has 2 aliphatic heterocycles. The fraction of sp³-hybridized carbons (Fsp3) is 0.526. The van der Waals surface area contributed by atoms with Crippen LogP contribution in [0.4, 0.5) is 0 Å². The van der Waals surface area contributed by atoms with Gasteiger partial charge in [-0.3, -0.25) is 9.69 Å². The lowest BCUT2D eigenvalue weighted by Gasteiger charge is -2.53. The molecule has 10 heteroatoms. The summed E-state index contributed by atoms with van der Waals surface area (Å²) < 4.78 is 25.3. The molecule has 2 N–H and O–H groups in total. The van der Waals surface area contributed by atoms with Crippen LogP contribution in [0.3, 0.4) is 0 Å². The zero-order valence-electron chi connectivity index (χ0n) is 28.8. The largest absolute Gasteiger partial charge is 0.493 e. The van der Waals surface area contributed by atoms with Crippen molar-refractivity contribution in [3.8, 4) is 11.5 Å². The highest BCUT2D eigenvalue weighted by Crippen LogP contribution is 2.51. The molecule has 0 unspecified atom stereocenters. The predicted molar refractivity (Wildman–Crippen MR) is 182 cm³/mol. The highest BCUT2D eigenvalue weighted by molar-refractivity contribution is 5.88. The van der Waals surface area contributed by atoms with Crippen molar-refractivity contribution in [3.05, 3.63) is 64.4 Å². The second kappa shape index (κ2) is 14.0. The topological polar surface area (TPSA) is 120 Å². The Labute approximate surface area is 282 Å². The van der Waals surface area contributed by atoms with Gasteiger partial charge in [-0.2, -0.15) is 0 Å². The number of aryl methyl sites for hydroxylation is 1. The van der Waals surface area contributed by atoms with Crippen molar-refractivity contribution in [3.63, 3.8) is 0 Å². The van der Waals surface area contributed by atoms with E-state index in [-0.39, 0.29) is 36.3 Å². The molecule has 3 aromatic rings. The first kappa shape index (κ1) is 34.2. The molecule has 0 bridgehead atoms. The zero-order valence-corrected chi connectivity index (χ0v) is 28.8. The van der Waals surface area contributed by atoms with E-state index in [1.807, 2.05) is 19.1 Å². The second-order valence-electron chi connectivity index (χ2n) is 13.7. The lowest BCUT2D eigenvalue weighted by molar-refractivity contribution is -0.177. The summed E-state index contributed by atoms with van der Waals surface area (Å²) in [5.74, 6) is -0.176. The van der Waals surface area contributed by atoms with Crippen LogP contribution in [0, 0.1) is 24.7 Å². The van der Waals surface area contributed by atoms with Gasteiger partial charge in [0.15, 0.2) is 17.3 Å². The molecule has 48 heavy (non-hydrogen) atoms. The third-order valence-corrected chi connectivity index (χ3v) is 10.8. The Kier molecular flexibility index (Phi) is 9.99. The molecule has 10 nitrogen and oxygen atoms in total. The molecule has 1 saturated heterocycles. The van der Waals surface area contributed by atoms with E-state index in [0.29, 0.717) is 17.9 Å². The molecule has 1 saturated carbocycles. The number of ether oxygens (including phenoxy) is 4. The Bertz CT molecular complexity index is 1710. The summed E-state index contributed by atoms with van der Waals surface area (Å²) in [5, 5.41) is 21.2. The van der Waals surface area contributed by atoms with E-state index in [2.05, 4.69) is 35.4 Å². The highest BCUT2D eigenvalue weighted by atomic mass is 16.6. The van der Waals surface area contributed by atoms with Gasteiger partial charge in [0.25, 0.3) is 0 Å². The molecule has 1 aliphatic carbocycles. The van der Waals surface area contributed by atoms with Crippen LogP contribution < -0.4 is 9.47 Å². The minimum Gasteiger partial charge on any atom is -0.493 e. The van der Waals surface area contributed by atoms with Crippen LogP contribution in [0.15, 0.2) is 36.4 Å². The fourth-order valence-corrected chi connectivity index (χ4v) is 8.84. The number of piperidine rings is 1. The summed E-state index contributed by atoms with van der Waals surface area (Å²) in [6, 6.07) is 10.2. The van der Waals surface area contributed by atoms with Gasteiger partial charge >= 0.3 is 5.97 Å². The van der Waals surface area contributed by atoms with E-state index in [0.717, 1.165) is 48.1 Å². The average molecular weight is 661 g/mol. The number of esters is 1. The lowest BCUT2D eigenvalue weighted by atomic mass is 9.62. The molecule has 2 aromatic carbocycles. The zero-order chi connectivity index (χ0) is 34.3. The van der Waals surface area contributed by atoms with Crippen molar-refractivity contribution in [2.45, 2.75) is 70.9 Å². The molecular formula is C38H48N2O8. The number of aromatic nitrogens is 1. The first-order valence-electron chi connectivity index (χ1n) is 16.9. The maximum Gasteiger partial charge on any atom is 0.331 e. The van der Waals surface area contributed by atoms with E-state index in [1.54, 1.807) is 33.5 Å². The summed E-state index contributed by atoms with van der Waals surface area (Å²) in [7, 11) is 4.70. The van der Waals surface area contributed by atoms with Gasteiger partial charge in [0.1, 0.15) is 18.8 Å². The molecule has 2 fully saturated rings. The van der Waals surface area contributed by atoms with Gasteiger partial charge < -0.3 is 33.7 Å². The molecule has 0 radical (unpaired) electrons. The molecular weight excluding hydrogens is 612 g/mol. The first-order chi connectivity index (χ1) is 23.1. The van der Waals surface area contributed by atoms with E-state index < -0.39 is 30.7 Å². The van der Waals surface area contributed by atoms with Crippen LogP contribution in [-0.2, 0) is 32.1 Å². The number of carbonyl (C=O) groups excluding carboxylic acids is 2. The van der Waals surface area contributed by atoms with Gasteiger partial charge in [-0.1, -0.05) is 12.1 Å². The van der Waals surface area contributed by atoms with Crippen LogP contribution >= 0.6 is 0 Å². The summed E-state index contributed by atoms with van der Waals surface area (Å²) in [6.45, 7) is 7.34. The Balaban J connectivity index is 1.28. The molecule has 3 heterocycles. The Hall–Kier alpha value is -3.70. The van der Waals surface area contributed by atoms with Crippen LogP contribution in [0.5, 0.6) is 11.5 Å². The van der Waals surface area contributed by atoms with Crippen molar-refractivity contribution in [2.24, 2.45) is 17.8 Å². The predicted octanol–water partition coefficient (Wildman–Crippen LogP) is 4.80. The third kappa shape index (κ3) is 6.04. The molecule has 1 aromatic heterocycles. The smallest absolute Gasteiger partial charge is 0.331 e. The summed E-state index contributed by atoms with van der Waals surface area (Å²) in [5.41, 5.74) is 6.28. The average Bonchev–Trinajstić information content (AvgIpc) is 3.43. The number of Topliss-reactive ketones (excluding diaryl/α,β-unsaturated/α-hetero) is 1.